The van der Waals surface area contributed by atoms with E-state index in [4.69, 9.17) is 9.78 Å². The summed E-state index contributed by atoms with van der Waals surface area (Å²) in [7, 11) is 0. The number of aliphatic hydroxyl groups is 2. The summed E-state index contributed by atoms with van der Waals surface area (Å²) in [6, 6.07) is 0. The molecular weight excluding hydrogens is 256 g/mol. The monoisotopic (exact) mass is 290 g/mol. The van der Waals surface area contributed by atoms with Gasteiger partial charge in [-0.2, -0.15) is 0 Å². The fourth-order valence-electron chi connectivity index (χ4n) is 2.01. The first-order chi connectivity index (χ1) is 9.09. The average molecular weight is 290 g/mol. The molecule has 122 valence electrons. The highest BCUT2D eigenvalue weighted by molar-refractivity contribution is 4.76. The van der Waals surface area contributed by atoms with Crippen molar-refractivity contribution >= 4 is 0 Å². The zero-order valence-electron chi connectivity index (χ0n) is 14.3. The van der Waals surface area contributed by atoms with Crippen molar-refractivity contribution in [3.63, 3.8) is 0 Å². The molecule has 4 heteroatoms. The first-order valence-electron chi connectivity index (χ1n) is 7.77. The van der Waals surface area contributed by atoms with Gasteiger partial charge in [0.05, 0.1) is 12.2 Å². The lowest BCUT2D eigenvalue weighted by Crippen LogP contribution is -2.42. The van der Waals surface area contributed by atoms with Gasteiger partial charge in [0.15, 0.2) is 0 Å². The van der Waals surface area contributed by atoms with E-state index in [2.05, 4.69) is 0 Å². The first-order valence-corrected chi connectivity index (χ1v) is 7.77. The lowest BCUT2D eigenvalue weighted by atomic mass is 9.93. The smallest absolute Gasteiger partial charge is 0.121 e. The maximum atomic E-state index is 10.2. The Kier molecular flexibility index (Phi) is 8.91. The number of rotatable bonds is 9. The Morgan fingerprint density at radius 2 is 0.750 bits per heavy atom. The third-order valence-corrected chi connectivity index (χ3v) is 3.63. The standard InChI is InChI=1S/C16H34O4/c1-9(2)13(17)15(11(5)6)19-20-16(12(7)8)14(18)10(3)4/h9-18H,1-8H3. The molecule has 0 aromatic rings. The first kappa shape index (κ1) is 19.8. The van der Waals surface area contributed by atoms with E-state index in [1.165, 1.54) is 0 Å². The van der Waals surface area contributed by atoms with Crippen molar-refractivity contribution in [3.05, 3.63) is 0 Å². The van der Waals surface area contributed by atoms with Crippen LogP contribution in [0, 0.1) is 23.7 Å². The van der Waals surface area contributed by atoms with Gasteiger partial charge in [0.2, 0.25) is 0 Å². The number of aliphatic hydroxyl groups excluding tert-OH is 2. The molecule has 0 saturated carbocycles. The maximum absolute atomic E-state index is 10.2. The molecule has 0 radical (unpaired) electrons. The van der Waals surface area contributed by atoms with E-state index in [1.807, 2.05) is 55.4 Å². The van der Waals surface area contributed by atoms with Crippen molar-refractivity contribution in [2.24, 2.45) is 23.7 Å². The molecule has 0 heterocycles. The molecule has 0 aliphatic heterocycles. The van der Waals surface area contributed by atoms with Crippen molar-refractivity contribution in [1.82, 2.24) is 0 Å². The molecule has 0 aromatic carbocycles. The van der Waals surface area contributed by atoms with Crippen LogP contribution < -0.4 is 0 Å². The van der Waals surface area contributed by atoms with E-state index < -0.39 is 24.4 Å². The molecule has 0 bridgehead atoms. The molecule has 0 fully saturated rings. The van der Waals surface area contributed by atoms with Gasteiger partial charge in [0.25, 0.3) is 0 Å². The van der Waals surface area contributed by atoms with Crippen LogP contribution >= 0.6 is 0 Å². The van der Waals surface area contributed by atoms with E-state index in [-0.39, 0.29) is 23.7 Å². The minimum absolute atomic E-state index is 0.0959. The van der Waals surface area contributed by atoms with Crippen LogP contribution in [0.25, 0.3) is 0 Å². The third-order valence-electron chi connectivity index (χ3n) is 3.63. The van der Waals surface area contributed by atoms with Crippen LogP contribution in [0.3, 0.4) is 0 Å². The van der Waals surface area contributed by atoms with E-state index in [1.54, 1.807) is 0 Å². The quantitative estimate of drug-likeness (QED) is 0.506. The van der Waals surface area contributed by atoms with Crippen LogP contribution in [0.1, 0.15) is 55.4 Å². The molecule has 4 unspecified atom stereocenters. The predicted molar refractivity (Wildman–Crippen MR) is 81.1 cm³/mol. The van der Waals surface area contributed by atoms with Crippen LogP contribution in [0.5, 0.6) is 0 Å². The zero-order chi connectivity index (χ0) is 16.0. The second-order valence-corrected chi connectivity index (χ2v) is 7.08. The second-order valence-electron chi connectivity index (χ2n) is 7.08. The molecule has 0 saturated heterocycles. The van der Waals surface area contributed by atoms with Crippen LogP contribution in [0.2, 0.25) is 0 Å². The van der Waals surface area contributed by atoms with Crippen molar-refractivity contribution < 1.29 is 20.0 Å². The molecule has 0 rings (SSSR count). The second kappa shape index (κ2) is 8.98. The maximum Gasteiger partial charge on any atom is 0.121 e. The Morgan fingerprint density at radius 1 is 0.500 bits per heavy atom. The van der Waals surface area contributed by atoms with E-state index >= 15 is 0 Å². The van der Waals surface area contributed by atoms with Crippen LogP contribution in [-0.4, -0.2) is 34.6 Å². The average Bonchev–Trinajstić information content (AvgIpc) is 2.31. The highest BCUT2D eigenvalue weighted by Crippen LogP contribution is 2.22. The summed E-state index contributed by atoms with van der Waals surface area (Å²) < 4.78 is 0. The molecule has 0 aliphatic rings. The van der Waals surface area contributed by atoms with Gasteiger partial charge in [-0.3, -0.25) is 0 Å². The lowest BCUT2D eigenvalue weighted by molar-refractivity contribution is -0.389. The summed E-state index contributed by atoms with van der Waals surface area (Å²) in [5.41, 5.74) is 0. The van der Waals surface area contributed by atoms with Crippen molar-refractivity contribution in [2.45, 2.75) is 79.8 Å². The minimum atomic E-state index is -0.584. The zero-order valence-corrected chi connectivity index (χ0v) is 14.3. The molecule has 0 amide bonds. The predicted octanol–water partition coefficient (Wildman–Crippen LogP) is 3.02. The van der Waals surface area contributed by atoms with Crippen molar-refractivity contribution in [3.8, 4) is 0 Å². The van der Waals surface area contributed by atoms with Crippen LogP contribution in [0.15, 0.2) is 0 Å². The Balaban J connectivity index is 4.72. The Labute approximate surface area is 124 Å². The molecule has 4 atom stereocenters. The summed E-state index contributed by atoms with van der Waals surface area (Å²) in [4.78, 5) is 11.0. The van der Waals surface area contributed by atoms with Gasteiger partial charge in [0, 0.05) is 0 Å². The van der Waals surface area contributed by atoms with Gasteiger partial charge >= 0.3 is 0 Å². The lowest BCUT2D eigenvalue weighted by Gasteiger charge is -2.33. The third kappa shape index (κ3) is 6.08. The topological polar surface area (TPSA) is 58.9 Å². The van der Waals surface area contributed by atoms with Crippen molar-refractivity contribution in [2.75, 3.05) is 0 Å². The molecule has 2 N–H and O–H groups in total. The van der Waals surface area contributed by atoms with Gasteiger partial charge in [-0.15, -0.1) is 0 Å². The summed E-state index contributed by atoms with van der Waals surface area (Å²) in [5, 5.41) is 20.4. The number of hydrogen-bond acceptors (Lipinski definition) is 4. The summed E-state index contributed by atoms with van der Waals surface area (Å²) >= 11 is 0. The normalized spacial score (nSPS) is 18.9. The van der Waals surface area contributed by atoms with Gasteiger partial charge in [-0.25, -0.2) is 9.78 Å². The fraction of sp³-hybridized carbons (Fsp3) is 1.00. The summed E-state index contributed by atoms with van der Waals surface area (Å²) in [5.74, 6) is 0.463. The van der Waals surface area contributed by atoms with Gasteiger partial charge in [-0.05, 0) is 23.7 Å². The van der Waals surface area contributed by atoms with E-state index in [0.29, 0.717) is 0 Å². The SMILES string of the molecule is CC(C)C(O)C(OOC(C(C)C)C(O)C(C)C)C(C)C. The Bertz CT molecular complexity index is 225. The molecule has 4 nitrogen and oxygen atoms in total. The van der Waals surface area contributed by atoms with Gasteiger partial charge in [0.1, 0.15) is 12.2 Å². The minimum Gasteiger partial charge on any atom is -0.390 e. The highest BCUT2D eigenvalue weighted by Gasteiger charge is 2.32. The fourth-order valence-corrected chi connectivity index (χ4v) is 2.01. The molecule has 0 aromatic heterocycles. The molecule has 20 heavy (non-hydrogen) atoms. The molecule has 0 spiro atoms. The molecular formula is C16H34O4. The number of hydrogen-bond donors (Lipinski definition) is 2. The highest BCUT2D eigenvalue weighted by atomic mass is 17.2. The largest absolute Gasteiger partial charge is 0.390 e. The van der Waals surface area contributed by atoms with Crippen molar-refractivity contribution in [1.29, 1.82) is 0 Å². The summed E-state index contributed by atoms with van der Waals surface area (Å²) in [6.45, 7) is 15.8. The van der Waals surface area contributed by atoms with E-state index in [0.717, 1.165) is 0 Å². The van der Waals surface area contributed by atoms with Crippen LogP contribution in [0.4, 0.5) is 0 Å². The Morgan fingerprint density at radius 3 is 0.900 bits per heavy atom. The molecule has 0 aliphatic carbocycles. The summed E-state index contributed by atoms with van der Waals surface area (Å²) in [6.07, 6.45) is -1.95. The van der Waals surface area contributed by atoms with Gasteiger partial charge in [-0.1, -0.05) is 55.4 Å². The van der Waals surface area contributed by atoms with E-state index in [9.17, 15) is 10.2 Å². The van der Waals surface area contributed by atoms with Gasteiger partial charge < -0.3 is 10.2 Å². The van der Waals surface area contributed by atoms with Crippen LogP contribution in [-0.2, 0) is 9.78 Å². The Hall–Kier alpha value is -0.160.